The van der Waals surface area contributed by atoms with E-state index in [0.717, 1.165) is 6.42 Å². The Morgan fingerprint density at radius 3 is 2.33 bits per heavy atom. The maximum Gasteiger partial charge on any atom is 0.287 e. The summed E-state index contributed by atoms with van der Waals surface area (Å²) in [6.07, 6.45) is 1.08. The van der Waals surface area contributed by atoms with Crippen molar-refractivity contribution in [2.24, 2.45) is 0 Å². The molecule has 0 fully saturated rings. The van der Waals surface area contributed by atoms with Gasteiger partial charge in [-0.3, -0.25) is 9.59 Å². The quantitative estimate of drug-likeness (QED) is 0.549. The van der Waals surface area contributed by atoms with Crippen LogP contribution in [0.2, 0.25) is 0 Å². The van der Waals surface area contributed by atoms with Gasteiger partial charge in [0, 0.05) is 13.5 Å². The number of nitrogens with one attached hydrogen (secondary N) is 1. The number of hydrogen-bond acceptors (Lipinski definition) is 2. The first-order valence-corrected chi connectivity index (χ1v) is 2.97. The second-order valence-electron chi connectivity index (χ2n) is 1.75. The first-order chi connectivity index (χ1) is 4.22. The summed E-state index contributed by atoms with van der Waals surface area (Å²) in [5.41, 5.74) is 0. The maximum absolute atomic E-state index is 10.6. The molecule has 3 heteroatoms. The van der Waals surface area contributed by atoms with Crippen molar-refractivity contribution in [3.05, 3.63) is 0 Å². The first-order valence-electron chi connectivity index (χ1n) is 2.97. The van der Waals surface area contributed by atoms with E-state index in [9.17, 15) is 9.59 Å². The molecule has 1 N–H and O–H groups in total. The van der Waals surface area contributed by atoms with Gasteiger partial charge in [0.25, 0.3) is 5.91 Å². The molecule has 1 amide bonds. The Bertz CT molecular complexity index is 120. The summed E-state index contributed by atoms with van der Waals surface area (Å²) in [5.74, 6) is -0.822. The van der Waals surface area contributed by atoms with Gasteiger partial charge in [-0.2, -0.15) is 0 Å². The molecule has 0 saturated carbocycles. The predicted octanol–water partition coefficient (Wildman–Crippen LogP) is 0.102. The van der Waals surface area contributed by atoms with Gasteiger partial charge in [0.2, 0.25) is 5.78 Å². The van der Waals surface area contributed by atoms with Crippen LogP contribution in [-0.2, 0) is 9.59 Å². The van der Waals surface area contributed by atoms with Crippen molar-refractivity contribution in [3.63, 3.8) is 0 Å². The van der Waals surface area contributed by atoms with Crippen LogP contribution < -0.4 is 5.32 Å². The van der Waals surface area contributed by atoms with Crippen molar-refractivity contribution in [1.82, 2.24) is 5.32 Å². The van der Waals surface area contributed by atoms with Crippen LogP contribution in [0.3, 0.4) is 0 Å². The number of amides is 1. The summed E-state index contributed by atoms with van der Waals surface area (Å²) < 4.78 is 0. The lowest BCUT2D eigenvalue weighted by Gasteiger charge is -1.93. The molecule has 0 radical (unpaired) electrons. The zero-order valence-corrected chi connectivity index (χ0v) is 5.73. The van der Waals surface area contributed by atoms with E-state index in [0.29, 0.717) is 6.42 Å². The van der Waals surface area contributed by atoms with Crippen LogP contribution in [0, 0.1) is 0 Å². The fraction of sp³-hybridized carbons (Fsp3) is 0.667. The van der Waals surface area contributed by atoms with E-state index in [1.165, 1.54) is 7.05 Å². The predicted molar refractivity (Wildman–Crippen MR) is 34.0 cm³/mol. The molecule has 0 rings (SSSR count). The van der Waals surface area contributed by atoms with Crippen molar-refractivity contribution in [2.75, 3.05) is 7.05 Å². The summed E-state index contributed by atoms with van der Waals surface area (Å²) in [6, 6.07) is 0. The van der Waals surface area contributed by atoms with E-state index in [1.54, 1.807) is 0 Å². The van der Waals surface area contributed by atoms with Crippen LogP contribution in [0.25, 0.3) is 0 Å². The number of carbonyl (C=O) groups excluding carboxylic acids is 2. The van der Waals surface area contributed by atoms with Crippen LogP contribution >= 0.6 is 0 Å². The van der Waals surface area contributed by atoms with Crippen LogP contribution in [-0.4, -0.2) is 18.7 Å². The number of hydrogen-bond donors (Lipinski definition) is 1. The van der Waals surface area contributed by atoms with Crippen molar-refractivity contribution in [3.8, 4) is 0 Å². The molecule has 52 valence electrons. The Balaban J connectivity index is 3.60. The Labute approximate surface area is 54.4 Å². The Morgan fingerprint density at radius 1 is 1.44 bits per heavy atom. The molecule has 0 aliphatic carbocycles. The number of likely N-dealkylation sites (N-methyl/N-ethyl adjacent to an activating group) is 1. The van der Waals surface area contributed by atoms with Crippen LogP contribution in [0.1, 0.15) is 19.8 Å². The van der Waals surface area contributed by atoms with Gasteiger partial charge >= 0.3 is 0 Å². The second kappa shape index (κ2) is 4.06. The molecular formula is C6H11NO2. The minimum atomic E-state index is -0.489. The Hall–Kier alpha value is -0.860. The van der Waals surface area contributed by atoms with Crippen molar-refractivity contribution in [2.45, 2.75) is 19.8 Å². The molecule has 0 spiro atoms. The number of ketones is 1. The summed E-state index contributed by atoms with van der Waals surface area (Å²) in [4.78, 5) is 21.0. The van der Waals surface area contributed by atoms with E-state index >= 15 is 0 Å². The van der Waals surface area contributed by atoms with Gasteiger partial charge in [-0.05, 0) is 6.42 Å². The molecule has 9 heavy (non-hydrogen) atoms. The number of carbonyl (C=O) groups is 2. The van der Waals surface area contributed by atoms with E-state index in [2.05, 4.69) is 5.32 Å². The van der Waals surface area contributed by atoms with Crippen LogP contribution in [0.5, 0.6) is 0 Å². The van der Waals surface area contributed by atoms with E-state index in [4.69, 9.17) is 0 Å². The van der Waals surface area contributed by atoms with Crippen molar-refractivity contribution >= 4 is 11.7 Å². The van der Waals surface area contributed by atoms with E-state index in [-0.39, 0.29) is 5.78 Å². The normalized spacial score (nSPS) is 8.67. The number of rotatable bonds is 3. The monoisotopic (exact) mass is 129 g/mol. The third-order valence-electron chi connectivity index (χ3n) is 0.957. The smallest absolute Gasteiger partial charge is 0.287 e. The van der Waals surface area contributed by atoms with Crippen molar-refractivity contribution in [1.29, 1.82) is 0 Å². The Morgan fingerprint density at radius 2 is 2.00 bits per heavy atom. The molecule has 3 nitrogen and oxygen atoms in total. The largest absolute Gasteiger partial charge is 0.353 e. The zero-order chi connectivity index (χ0) is 7.28. The summed E-state index contributed by atoms with van der Waals surface area (Å²) in [5, 5.41) is 2.26. The third-order valence-corrected chi connectivity index (χ3v) is 0.957. The molecule has 0 bridgehead atoms. The van der Waals surface area contributed by atoms with Gasteiger partial charge in [0.05, 0.1) is 0 Å². The molecule has 0 heterocycles. The van der Waals surface area contributed by atoms with Gasteiger partial charge in [0.1, 0.15) is 0 Å². The second-order valence-corrected chi connectivity index (χ2v) is 1.75. The summed E-state index contributed by atoms with van der Waals surface area (Å²) >= 11 is 0. The average molecular weight is 129 g/mol. The van der Waals surface area contributed by atoms with Gasteiger partial charge in [-0.15, -0.1) is 0 Å². The minimum Gasteiger partial charge on any atom is -0.353 e. The standard InChI is InChI=1S/C6H11NO2/c1-3-4-5(8)6(9)7-2/h3-4H2,1-2H3,(H,7,9). The summed E-state index contributed by atoms with van der Waals surface area (Å²) in [7, 11) is 1.45. The highest BCUT2D eigenvalue weighted by Gasteiger charge is 2.07. The fourth-order valence-corrected chi connectivity index (χ4v) is 0.480. The highest BCUT2D eigenvalue weighted by molar-refractivity contribution is 6.36. The van der Waals surface area contributed by atoms with Gasteiger partial charge < -0.3 is 5.32 Å². The molecule has 0 aliphatic heterocycles. The lowest BCUT2D eigenvalue weighted by Crippen LogP contribution is -2.26. The first kappa shape index (κ1) is 8.14. The molecule has 0 unspecified atom stereocenters. The molecule has 0 aromatic rings. The van der Waals surface area contributed by atoms with Crippen molar-refractivity contribution < 1.29 is 9.59 Å². The average Bonchev–Trinajstić information content (AvgIpc) is 1.87. The zero-order valence-electron chi connectivity index (χ0n) is 5.73. The highest BCUT2D eigenvalue weighted by atomic mass is 16.2. The van der Waals surface area contributed by atoms with E-state index in [1.807, 2.05) is 6.92 Å². The third kappa shape index (κ3) is 2.85. The lowest BCUT2D eigenvalue weighted by atomic mass is 10.2. The molecule has 0 aromatic carbocycles. The Kier molecular flexibility index (Phi) is 3.67. The van der Waals surface area contributed by atoms with Gasteiger partial charge in [-0.1, -0.05) is 6.92 Å². The molecular weight excluding hydrogens is 118 g/mol. The molecule has 0 atom stereocenters. The van der Waals surface area contributed by atoms with Crippen LogP contribution in [0.4, 0.5) is 0 Å². The fourth-order valence-electron chi connectivity index (χ4n) is 0.480. The van der Waals surface area contributed by atoms with Crippen LogP contribution in [0.15, 0.2) is 0 Å². The SMILES string of the molecule is CCCC(=O)C(=O)NC. The topological polar surface area (TPSA) is 46.2 Å². The van der Waals surface area contributed by atoms with Gasteiger partial charge in [0.15, 0.2) is 0 Å². The molecule has 0 aromatic heterocycles. The molecule has 0 aliphatic rings. The minimum absolute atomic E-state index is 0.333. The molecule has 0 saturated heterocycles. The summed E-state index contributed by atoms with van der Waals surface area (Å²) in [6.45, 7) is 1.86. The maximum atomic E-state index is 10.6. The van der Waals surface area contributed by atoms with E-state index < -0.39 is 5.91 Å². The van der Waals surface area contributed by atoms with Gasteiger partial charge in [-0.25, -0.2) is 0 Å². The lowest BCUT2D eigenvalue weighted by molar-refractivity contribution is -0.137. The highest BCUT2D eigenvalue weighted by Crippen LogP contribution is 1.87. The number of Topliss-reactive ketones (excluding diaryl/α,β-unsaturated/α-hetero) is 1.